The van der Waals surface area contributed by atoms with Crippen molar-refractivity contribution in [3.63, 3.8) is 0 Å². The molecule has 4 rings (SSSR count). The van der Waals surface area contributed by atoms with Gasteiger partial charge in [-0.2, -0.15) is 0 Å². The number of nitro groups is 1. The normalized spacial score (nSPS) is 11.2. The first-order valence-electron chi connectivity index (χ1n) is 9.58. The standard InChI is InChI=1S/C22H14I2N4O4S2/c23-13-7-12(21(30)17(24)8-13)10-25-15-3-6-18-19(9-15)34-22(27-18)33-11-20(29)26-14-1-4-16(5-2-14)28(31)32/h1-10,30H,11H2,(H,26,29). The number of thioether (sulfide) groups is 1. The van der Waals surface area contributed by atoms with Crippen LogP contribution in [0.1, 0.15) is 5.56 Å². The molecular formula is C22H14I2N4O4S2. The SMILES string of the molecule is O=C(CSc1nc2ccc(N=Cc3cc(I)cc(I)c3O)cc2s1)Nc1ccc([N+](=O)[O-])cc1. The van der Waals surface area contributed by atoms with E-state index in [9.17, 15) is 20.0 Å². The van der Waals surface area contributed by atoms with Gasteiger partial charge in [0.1, 0.15) is 5.75 Å². The van der Waals surface area contributed by atoms with Crippen molar-refractivity contribution < 1.29 is 14.8 Å². The summed E-state index contributed by atoms with van der Waals surface area (Å²) in [5, 5.41) is 23.7. The smallest absolute Gasteiger partial charge is 0.269 e. The molecule has 0 bridgehead atoms. The Kier molecular flexibility index (Phi) is 8.00. The molecule has 1 aromatic heterocycles. The van der Waals surface area contributed by atoms with Crippen molar-refractivity contribution in [2.45, 2.75) is 4.34 Å². The van der Waals surface area contributed by atoms with Crippen molar-refractivity contribution in [3.05, 3.63) is 77.4 Å². The predicted molar refractivity (Wildman–Crippen MR) is 153 cm³/mol. The van der Waals surface area contributed by atoms with Crippen LogP contribution in [0.5, 0.6) is 5.75 Å². The van der Waals surface area contributed by atoms with Gasteiger partial charge >= 0.3 is 0 Å². The van der Waals surface area contributed by atoms with E-state index in [0.717, 1.165) is 27.4 Å². The van der Waals surface area contributed by atoms with Crippen molar-refractivity contribution in [1.29, 1.82) is 0 Å². The molecule has 4 aromatic rings. The van der Waals surface area contributed by atoms with Gasteiger partial charge < -0.3 is 10.4 Å². The fraction of sp³-hybridized carbons (Fsp3) is 0.0455. The van der Waals surface area contributed by atoms with E-state index in [0.29, 0.717) is 11.3 Å². The molecule has 0 aliphatic carbocycles. The molecule has 0 aliphatic heterocycles. The number of amides is 1. The number of nitrogens with one attached hydrogen (secondary N) is 1. The molecule has 1 amide bonds. The summed E-state index contributed by atoms with van der Waals surface area (Å²) >= 11 is 7.07. The lowest BCUT2D eigenvalue weighted by Gasteiger charge is -2.03. The van der Waals surface area contributed by atoms with Gasteiger partial charge in [-0.3, -0.25) is 19.9 Å². The number of anilines is 1. The molecule has 0 spiro atoms. The molecule has 0 unspecified atom stereocenters. The Morgan fingerprint density at radius 1 is 1.21 bits per heavy atom. The van der Waals surface area contributed by atoms with Crippen LogP contribution in [0.2, 0.25) is 0 Å². The number of nitro benzene ring substituents is 1. The van der Waals surface area contributed by atoms with Crippen molar-refractivity contribution >= 4 is 108 Å². The molecule has 172 valence electrons. The lowest BCUT2D eigenvalue weighted by molar-refractivity contribution is -0.384. The molecule has 0 saturated heterocycles. The predicted octanol–water partition coefficient (Wildman–Crippen LogP) is 6.60. The molecule has 1 heterocycles. The maximum atomic E-state index is 12.2. The average molecular weight is 716 g/mol. The summed E-state index contributed by atoms with van der Waals surface area (Å²) in [4.78, 5) is 31.5. The highest BCUT2D eigenvalue weighted by Crippen LogP contribution is 2.32. The summed E-state index contributed by atoms with van der Waals surface area (Å²) in [6.45, 7) is 0. The van der Waals surface area contributed by atoms with E-state index in [-0.39, 0.29) is 23.1 Å². The first-order valence-corrected chi connectivity index (χ1v) is 13.5. The topological polar surface area (TPSA) is 118 Å². The van der Waals surface area contributed by atoms with Crippen molar-refractivity contribution in [1.82, 2.24) is 4.98 Å². The van der Waals surface area contributed by atoms with Gasteiger partial charge in [0, 0.05) is 33.2 Å². The molecule has 8 nitrogen and oxygen atoms in total. The molecule has 0 radical (unpaired) electrons. The molecule has 0 aliphatic rings. The molecule has 3 aromatic carbocycles. The van der Waals surface area contributed by atoms with Crippen LogP contribution in [0.4, 0.5) is 17.1 Å². The number of non-ortho nitro benzene ring substituents is 1. The number of aromatic hydroxyl groups is 1. The van der Waals surface area contributed by atoms with Crippen LogP contribution in [-0.4, -0.2) is 32.9 Å². The number of hydrogen-bond donors (Lipinski definition) is 2. The van der Waals surface area contributed by atoms with Gasteiger partial charge in [0.05, 0.1) is 30.2 Å². The third-order valence-corrected chi connectivity index (χ3v) is 8.06. The number of phenolic OH excluding ortho intramolecular Hbond substituents is 1. The summed E-state index contributed by atoms with van der Waals surface area (Å²) in [7, 11) is 0. The van der Waals surface area contributed by atoms with Crippen LogP contribution in [0.15, 0.2) is 63.9 Å². The van der Waals surface area contributed by atoms with Crippen molar-refractivity contribution in [2.75, 3.05) is 11.1 Å². The molecular weight excluding hydrogens is 702 g/mol. The van der Waals surface area contributed by atoms with Gasteiger partial charge in [-0.15, -0.1) is 11.3 Å². The Bertz CT molecular complexity index is 1420. The molecule has 0 fully saturated rings. The van der Waals surface area contributed by atoms with E-state index in [1.165, 1.54) is 47.4 Å². The third-order valence-electron chi connectivity index (χ3n) is 4.45. The average Bonchev–Trinajstić information content (AvgIpc) is 3.21. The fourth-order valence-electron chi connectivity index (χ4n) is 2.85. The number of benzene rings is 3. The number of phenols is 1. The zero-order valence-corrected chi connectivity index (χ0v) is 23.0. The van der Waals surface area contributed by atoms with Crippen LogP contribution in [0.3, 0.4) is 0 Å². The van der Waals surface area contributed by atoms with Gasteiger partial charge in [0.15, 0.2) is 4.34 Å². The molecule has 0 atom stereocenters. The number of fused-ring (bicyclic) bond motifs is 1. The van der Waals surface area contributed by atoms with Crippen LogP contribution in [0, 0.1) is 17.3 Å². The number of aromatic nitrogens is 1. The zero-order chi connectivity index (χ0) is 24.2. The zero-order valence-electron chi connectivity index (χ0n) is 17.1. The maximum Gasteiger partial charge on any atom is 0.269 e. The summed E-state index contributed by atoms with van der Waals surface area (Å²) < 4.78 is 3.47. The van der Waals surface area contributed by atoms with Gasteiger partial charge in [0.25, 0.3) is 5.69 Å². The third kappa shape index (κ3) is 6.22. The lowest BCUT2D eigenvalue weighted by atomic mass is 10.2. The van der Waals surface area contributed by atoms with Crippen LogP contribution in [0.25, 0.3) is 10.2 Å². The highest BCUT2D eigenvalue weighted by Gasteiger charge is 2.11. The van der Waals surface area contributed by atoms with E-state index in [1.807, 2.05) is 30.3 Å². The highest BCUT2D eigenvalue weighted by molar-refractivity contribution is 14.1. The number of thiazole rings is 1. The quantitative estimate of drug-likeness (QED) is 0.0732. The van der Waals surface area contributed by atoms with Crippen molar-refractivity contribution in [2.24, 2.45) is 4.99 Å². The Morgan fingerprint density at radius 3 is 2.71 bits per heavy atom. The van der Waals surface area contributed by atoms with E-state index in [4.69, 9.17) is 0 Å². The maximum absolute atomic E-state index is 12.2. The second kappa shape index (κ2) is 11.0. The number of carbonyl (C=O) groups excluding carboxylic acids is 1. The van der Waals surface area contributed by atoms with Crippen molar-refractivity contribution in [3.8, 4) is 5.75 Å². The highest BCUT2D eigenvalue weighted by atomic mass is 127. The van der Waals surface area contributed by atoms with Gasteiger partial charge in [-0.1, -0.05) is 11.8 Å². The number of hydrogen-bond acceptors (Lipinski definition) is 8. The van der Waals surface area contributed by atoms with E-state index in [2.05, 4.69) is 60.5 Å². The van der Waals surface area contributed by atoms with Gasteiger partial charge in [-0.25, -0.2) is 4.98 Å². The Hall–Kier alpha value is -2.30. The molecule has 0 saturated carbocycles. The van der Waals surface area contributed by atoms with Gasteiger partial charge in [0.2, 0.25) is 5.91 Å². The Morgan fingerprint density at radius 2 is 1.97 bits per heavy atom. The summed E-state index contributed by atoms with van der Waals surface area (Å²) in [6.07, 6.45) is 1.64. The van der Waals surface area contributed by atoms with Crippen LogP contribution < -0.4 is 5.32 Å². The minimum Gasteiger partial charge on any atom is -0.506 e. The summed E-state index contributed by atoms with van der Waals surface area (Å²) in [5.41, 5.74) is 2.66. The monoisotopic (exact) mass is 716 g/mol. The minimum atomic E-state index is -0.488. The van der Waals surface area contributed by atoms with E-state index >= 15 is 0 Å². The van der Waals surface area contributed by atoms with Crippen LogP contribution in [-0.2, 0) is 4.79 Å². The van der Waals surface area contributed by atoms with E-state index < -0.39 is 4.92 Å². The molecule has 34 heavy (non-hydrogen) atoms. The summed E-state index contributed by atoms with van der Waals surface area (Å²) in [6, 6.07) is 15.1. The minimum absolute atomic E-state index is 0.0318. The molecule has 12 heteroatoms. The van der Waals surface area contributed by atoms with Crippen LogP contribution >= 0.6 is 68.3 Å². The Balaban J connectivity index is 1.40. The first-order chi connectivity index (χ1) is 16.3. The lowest BCUT2D eigenvalue weighted by Crippen LogP contribution is -2.13. The number of carbonyl (C=O) groups is 1. The second-order valence-corrected chi connectivity index (χ2v) is 11.5. The van der Waals surface area contributed by atoms with E-state index in [1.54, 1.807) is 6.21 Å². The number of nitrogens with zero attached hydrogens (tertiary/aromatic N) is 3. The first kappa shape index (κ1) is 24.8. The Labute approximate surface area is 229 Å². The van der Waals surface area contributed by atoms with Gasteiger partial charge in [-0.05, 0) is 87.6 Å². The number of rotatable bonds is 7. The number of aliphatic imine (C=N–C) groups is 1. The largest absolute Gasteiger partial charge is 0.506 e. The second-order valence-electron chi connectivity index (χ2n) is 6.86. The fourth-order valence-corrected chi connectivity index (χ4v) is 6.64. The molecule has 2 N–H and O–H groups in total. The number of halogens is 2. The summed E-state index contributed by atoms with van der Waals surface area (Å²) in [5.74, 6) is 0.136.